The molecule has 112 valence electrons. The molecule has 2 aromatic carbocycles. The normalized spacial score (nSPS) is 12.6. The van der Waals surface area contributed by atoms with Crippen molar-refractivity contribution in [1.29, 1.82) is 0 Å². The van der Waals surface area contributed by atoms with Gasteiger partial charge in [0.05, 0.1) is 0 Å². The van der Waals surface area contributed by atoms with Gasteiger partial charge in [-0.1, -0.05) is 36.4 Å². The summed E-state index contributed by atoms with van der Waals surface area (Å²) in [7, 11) is 4.21. The summed E-state index contributed by atoms with van der Waals surface area (Å²) in [5.74, 6) is 0. The molecule has 0 heterocycles. The van der Waals surface area contributed by atoms with Gasteiger partial charge in [0.2, 0.25) is 0 Å². The van der Waals surface area contributed by atoms with Crippen molar-refractivity contribution < 1.29 is 0 Å². The highest BCUT2D eigenvalue weighted by Crippen LogP contribution is 2.24. The number of nitrogens with one attached hydrogen (secondary N) is 1. The molecule has 21 heavy (non-hydrogen) atoms. The molecule has 2 nitrogen and oxygen atoms in total. The molecule has 0 saturated carbocycles. The number of benzene rings is 2. The van der Waals surface area contributed by atoms with Crippen LogP contribution in [0.2, 0.25) is 0 Å². The van der Waals surface area contributed by atoms with Crippen LogP contribution in [0.15, 0.2) is 57.5 Å². The van der Waals surface area contributed by atoms with Crippen molar-refractivity contribution in [2.45, 2.75) is 12.6 Å². The molecule has 0 fully saturated rings. The number of halogens is 2. The zero-order chi connectivity index (χ0) is 15.2. The molecule has 0 saturated heterocycles. The number of hydrogen-bond acceptors (Lipinski definition) is 2. The van der Waals surface area contributed by atoms with Crippen LogP contribution in [0.3, 0.4) is 0 Å². The fraction of sp³-hybridized carbons (Fsp3) is 0.294. The summed E-state index contributed by atoms with van der Waals surface area (Å²) >= 11 is 7.06. The largest absolute Gasteiger partial charge is 0.308 e. The van der Waals surface area contributed by atoms with Crippen LogP contribution in [0.4, 0.5) is 0 Å². The van der Waals surface area contributed by atoms with Crippen LogP contribution in [0, 0.1) is 0 Å². The van der Waals surface area contributed by atoms with E-state index in [-0.39, 0.29) is 0 Å². The van der Waals surface area contributed by atoms with Crippen LogP contribution in [-0.2, 0) is 6.54 Å². The summed E-state index contributed by atoms with van der Waals surface area (Å²) in [5.41, 5.74) is 2.59. The SMILES string of the molecule is CN(C)CC(NCc1ccc(Br)c(Br)c1)c1ccccc1. The third kappa shape index (κ3) is 5.22. The summed E-state index contributed by atoms with van der Waals surface area (Å²) in [6.07, 6.45) is 0. The van der Waals surface area contributed by atoms with Crippen molar-refractivity contribution in [1.82, 2.24) is 10.2 Å². The summed E-state index contributed by atoms with van der Waals surface area (Å²) in [4.78, 5) is 2.21. The minimum Gasteiger partial charge on any atom is -0.308 e. The van der Waals surface area contributed by atoms with Crippen molar-refractivity contribution in [2.75, 3.05) is 20.6 Å². The van der Waals surface area contributed by atoms with Gasteiger partial charge in [-0.05, 0) is 69.2 Å². The molecule has 0 aromatic heterocycles. The Kier molecular flexibility index (Phi) is 6.42. The number of rotatable bonds is 6. The average molecular weight is 412 g/mol. The van der Waals surface area contributed by atoms with Gasteiger partial charge in [0.25, 0.3) is 0 Å². The lowest BCUT2D eigenvalue weighted by atomic mass is 10.1. The fourth-order valence-electron chi connectivity index (χ4n) is 2.23. The van der Waals surface area contributed by atoms with E-state index < -0.39 is 0 Å². The van der Waals surface area contributed by atoms with E-state index in [4.69, 9.17) is 0 Å². The van der Waals surface area contributed by atoms with Crippen LogP contribution in [0.25, 0.3) is 0 Å². The lowest BCUT2D eigenvalue weighted by Crippen LogP contribution is -2.30. The van der Waals surface area contributed by atoms with E-state index in [2.05, 4.69) is 105 Å². The Morgan fingerprint density at radius 1 is 1.00 bits per heavy atom. The van der Waals surface area contributed by atoms with Gasteiger partial charge in [-0.2, -0.15) is 0 Å². The number of nitrogens with zero attached hydrogens (tertiary/aromatic N) is 1. The molecule has 1 atom stereocenters. The highest BCUT2D eigenvalue weighted by molar-refractivity contribution is 9.13. The van der Waals surface area contributed by atoms with Gasteiger partial charge in [-0.25, -0.2) is 0 Å². The third-order valence-electron chi connectivity index (χ3n) is 3.29. The second kappa shape index (κ2) is 8.08. The first-order valence-electron chi connectivity index (χ1n) is 6.93. The second-order valence-corrected chi connectivity index (χ2v) is 7.06. The predicted octanol–water partition coefficient (Wildman–Crippen LogP) is 4.60. The summed E-state index contributed by atoms with van der Waals surface area (Å²) in [6.45, 7) is 1.82. The van der Waals surface area contributed by atoms with Crippen molar-refractivity contribution in [3.8, 4) is 0 Å². The van der Waals surface area contributed by atoms with E-state index in [1.54, 1.807) is 0 Å². The molecule has 0 amide bonds. The minimum absolute atomic E-state index is 0.323. The van der Waals surface area contributed by atoms with E-state index in [1.165, 1.54) is 11.1 Å². The van der Waals surface area contributed by atoms with Gasteiger partial charge in [-0.3, -0.25) is 0 Å². The zero-order valence-electron chi connectivity index (χ0n) is 12.3. The monoisotopic (exact) mass is 410 g/mol. The van der Waals surface area contributed by atoms with E-state index in [0.717, 1.165) is 22.0 Å². The van der Waals surface area contributed by atoms with Crippen molar-refractivity contribution in [3.05, 3.63) is 68.6 Å². The zero-order valence-corrected chi connectivity index (χ0v) is 15.5. The topological polar surface area (TPSA) is 15.3 Å². The average Bonchev–Trinajstić information content (AvgIpc) is 2.47. The number of hydrogen-bond donors (Lipinski definition) is 1. The fourth-order valence-corrected chi connectivity index (χ4v) is 2.90. The van der Waals surface area contributed by atoms with Gasteiger partial charge < -0.3 is 10.2 Å². The molecular formula is C17H20Br2N2. The minimum atomic E-state index is 0.323. The quantitative estimate of drug-likeness (QED) is 0.746. The van der Waals surface area contributed by atoms with Crippen LogP contribution < -0.4 is 5.32 Å². The van der Waals surface area contributed by atoms with Crippen molar-refractivity contribution >= 4 is 31.9 Å². The molecule has 1 N–H and O–H groups in total. The third-order valence-corrected chi connectivity index (χ3v) is 5.17. The first kappa shape index (κ1) is 16.7. The van der Waals surface area contributed by atoms with Gasteiger partial charge in [0.1, 0.15) is 0 Å². The predicted molar refractivity (Wildman–Crippen MR) is 96.4 cm³/mol. The van der Waals surface area contributed by atoms with E-state index in [1.807, 2.05) is 0 Å². The molecule has 0 aliphatic rings. The van der Waals surface area contributed by atoms with Gasteiger partial charge in [-0.15, -0.1) is 0 Å². The van der Waals surface area contributed by atoms with Crippen LogP contribution in [0.5, 0.6) is 0 Å². The van der Waals surface area contributed by atoms with E-state index in [0.29, 0.717) is 6.04 Å². The molecule has 0 aliphatic carbocycles. The summed E-state index contributed by atoms with van der Waals surface area (Å²) in [6, 6.07) is 17.3. The molecule has 0 aliphatic heterocycles. The molecule has 2 aromatic rings. The molecule has 2 rings (SSSR count). The maximum atomic E-state index is 3.65. The molecule has 1 unspecified atom stereocenters. The van der Waals surface area contributed by atoms with Gasteiger partial charge in [0, 0.05) is 28.1 Å². The Morgan fingerprint density at radius 3 is 2.33 bits per heavy atom. The Morgan fingerprint density at radius 2 is 1.71 bits per heavy atom. The van der Waals surface area contributed by atoms with E-state index >= 15 is 0 Å². The molecule has 0 bridgehead atoms. The first-order chi connectivity index (χ1) is 10.1. The summed E-state index contributed by atoms with van der Waals surface area (Å²) in [5, 5.41) is 3.65. The van der Waals surface area contributed by atoms with Crippen molar-refractivity contribution in [3.63, 3.8) is 0 Å². The number of likely N-dealkylation sites (N-methyl/N-ethyl adjacent to an activating group) is 1. The lowest BCUT2D eigenvalue weighted by molar-refractivity contribution is 0.340. The molecule has 0 spiro atoms. The highest BCUT2D eigenvalue weighted by atomic mass is 79.9. The Bertz CT molecular complexity index is 570. The maximum Gasteiger partial charge on any atom is 0.0451 e. The standard InChI is InChI=1S/C17H20Br2N2/c1-21(2)12-17(14-6-4-3-5-7-14)20-11-13-8-9-15(18)16(19)10-13/h3-10,17,20H,11-12H2,1-2H3. The van der Waals surface area contributed by atoms with E-state index in [9.17, 15) is 0 Å². The van der Waals surface area contributed by atoms with Gasteiger partial charge >= 0.3 is 0 Å². The second-order valence-electron chi connectivity index (χ2n) is 5.35. The summed E-state index contributed by atoms with van der Waals surface area (Å²) < 4.78 is 2.17. The Hall–Kier alpha value is -0.680. The highest BCUT2D eigenvalue weighted by Gasteiger charge is 2.12. The molecular weight excluding hydrogens is 392 g/mol. The van der Waals surface area contributed by atoms with Crippen LogP contribution >= 0.6 is 31.9 Å². The van der Waals surface area contributed by atoms with Crippen LogP contribution in [-0.4, -0.2) is 25.5 Å². The van der Waals surface area contributed by atoms with Crippen LogP contribution in [0.1, 0.15) is 17.2 Å². The smallest absolute Gasteiger partial charge is 0.0451 e. The maximum absolute atomic E-state index is 3.65. The van der Waals surface area contributed by atoms with Gasteiger partial charge in [0.15, 0.2) is 0 Å². The molecule has 0 radical (unpaired) electrons. The molecule has 4 heteroatoms. The Balaban J connectivity index is 2.07. The first-order valence-corrected chi connectivity index (χ1v) is 8.52. The lowest BCUT2D eigenvalue weighted by Gasteiger charge is -2.23. The Labute approximate surface area is 143 Å². The van der Waals surface area contributed by atoms with Crippen molar-refractivity contribution in [2.24, 2.45) is 0 Å².